The van der Waals surface area contributed by atoms with Crippen molar-refractivity contribution in [3.05, 3.63) is 142 Å². The number of aromatic nitrogens is 1. The zero-order chi connectivity index (χ0) is 26.4. The summed E-state index contributed by atoms with van der Waals surface area (Å²) in [5.41, 5.74) is 5.53. The van der Waals surface area contributed by atoms with Crippen molar-refractivity contribution < 1.29 is 8.78 Å². The molecule has 190 valence electrons. The van der Waals surface area contributed by atoms with E-state index in [0.717, 1.165) is 50.8 Å². The summed E-state index contributed by atoms with van der Waals surface area (Å²) >= 11 is 4.86. The fourth-order valence-electron chi connectivity index (χ4n) is 5.25. The zero-order valence-electron chi connectivity index (χ0n) is 20.5. The molecule has 0 spiro atoms. The molecular formula is C31H23BrF2N2OS. The minimum atomic E-state index is -0.390. The van der Waals surface area contributed by atoms with E-state index in [1.54, 1.807) is 28.8 Å². The highest BCUT2D eigenvalue weighted by Crippen LogP contribution is 2.44. The second kappa shape index (κ2) is 10.0. The van der Waals surface area contributed by atoms with E-state index in [1.807, 2.05) is 30.3 Å². The predicted octanol–water partition coefficient (Wildman–Crippen LogP) is 6.77. The Morgan fingerprint density at radius 3 is 2.39 bits per heavy atom. The van der Waals surface area contributed by atoms with Gasteiger partial charge in [0.15, 0.2) is 4.80 Å². The highest BCUT2D eigenvalue weighted by Gasteiger charge is 2.35. The number of thiazole rings is 1. The number of halogens is 3. The minimum absolute atomic E-state index is 0.114. The number of allylic oxidation sites excluding steroid dienone is 2. The largest absolute Gasteiger partial charge is 0.272 e. The SMILES string of the molecule is CC1CC/C(=C\c2ccc(F)cc2)C2=C1C(c1ccc(F)cc1)n1c(s/c(=C/c3cccc(Br)c3)c1=O)=N2. The number of hydrogen-bond donors (Lipinski definition) is 0. The maximum absolute atomic E-state index is 13.9. The van der Waals surface area contributed by atoms with E-state index < -0.39 is 6.04 Å². The topological polar surface area (TPSA) is 34.4 Å². The molecule has 0 saturated carbocycles. The molecule has 2 heterocycles. The third-order valence-electron chi connectivity index (χ3n) is 7.10. The quantitative estimate of drug-likeness (QED) is 0.260. The lowest BCUT2D eigenvalue weighted by atomic mass is 9.77. The molecule has 6 rings (SSSR count). The summed E-state index contributed by atoms with van der Waals surface area (Å²) in [7, 11) is 0. The van der Waals surface area contributed by atoms with Crippen LogP contribution in [0.25, 0.3) is 12.2 Å². The van der Waals surface area contributed by atoms with E-state index in [4.69, 9.17) is 4.99 Å². The molecule has 3 nitrogen and oxygen atoms in total. The first kappa shape index (κ1) is 24.9. The summed E-state index contributed by atoms with van der Waals surface area (Å²) in [6.07, 6.45) is 5.66. The Bertz CT molecular complexity index is 1780. The van der Waals surface area contributed by atoms with Gasteiger partial charge in [0.1, 0.15) is 11.6 Å². The first-order valence-corrected chi connectivity index (χ1v) is 14.0. The lowest BCUT2D eigenvalue weighted by Gasteiger charge is -2.34. The summed E-state index contributed by atoms with van der Waals surface area (Å²) in [6, 6.07) is 20.2. The molecule has 0 radical (unpaired) electrons. The van der Waals surface area contributed by atoms with Crippen molar-refractivity contribution in [1.82, 2.24) is 4.57 Å². The van der Waals surface area contributed by atoms with Crippen LogP contribution < -0.4 is 14.9 Å². The molecule has 7 heteroatoms. The molecular weight excluding hydrogens is 566 g/mol. The minimum Gasteiger partial charge on any atom is -0.272 e. The van der Waals surface area contributed by atoms with Gasteiger partial charge in [-0.15, -0.1) is 0 Å². The van der Waals surface area contributed by atoms with Gasteiger partial charge in [-0.2, -0.15) is 0 Å². The van der Waals surface area contributed by atoms with Crippen molar-refractivity contribution in [3.63, 3.8) is 0 Å². The van der Waals surface area contributed by atoms with E-state index in [0.29, 0.717) is 9.33 Å². The predicted molar refractivity (Wildman–Crippen MR) is 151 cm³/mol. The van der Waals surface area contributed by atoms with Gasteiger partial charge in [-0.3, -0.25) is 9.36 Å². The molecule has 3 aromatic carbocycles. The van der Waals surface area contributed by atoms with Crippen LogP contribution >= 0.6 is 27.3 Å². The molecule has 0 saturated heterocycles. The van der Waals surface area contributed by atoms with E-state index >= 15 is 0 Å². The van der Waals surface area contributed by atoms with Gasteiger partial charge in [0.25, 0.3) is 5.56 Å². The highest BCUT2D eigenvalue weighted by atomic mass is 79.9. The molecule has 1 aliphatic heterocycles. The van der Waals surface area contributed by atoms with E-state index in [1.165, 1.54) is 35.6 Å². The highest BCUT2D eigenvalue weighted by molar-refractivity contribution is 9.10. The van der Waals surface area contributed by atoms with Gasteiger partial charge in [0.05, 0.1) is 16.3 Å². The Morgan fingerprint density at radius 1 is 0.974 bits per heavy atom. The lowest BCUT2D eigenvalue weighted by Crippen LogP contribution is -2.40. The molecule has 0 fully saturated rings. The summed E-state index contributed by atoms with van der Waals surface area (Å²) in [5, 5.41) is 0. The Morgan fingerprint density at radius 2 is 1.68 bits per heavy atom. The molecule has 0 amide bonds. The van der Waals surface area contributed by atoms with Gasteiger partial charge in [0.2, 0.25) is 0 Å². The number of fused-ring (bicyclic) bond motifs is 1. The van der Waals surface area contributed by atoms with Crippen LogP contribution in [0.15, 0.2) is 104 Å². The number of hydrogen-bond acceptors (Lipinski definition) is 3. The zero-order valence-corrected chi connectivity index (χ0v) is 22.9. The molecule has 2 unspecified atom stereocenters. The molecule has 0 N–H and O–H groups in total. The van der Waals surface area contributed by atoms with Crippen LogP contribution in [0.4, 0.5) is 8.78 Å². The molecule has 0 bridgehead atoms. The first-order chi connectivity index (χ1) is 18.4. The summed E-state index contributed by atoms with van der Waals surface area (Å²) in [6.45, 7) is 2.16. The van der Waals surface area contributed by atoms with Gasteiger partial charge in [0, 0.05) is 4.47 Å². The fourth-order valence-corrected chi connectivity index (χ4v) is 6.67. The van der Waals surface area contributed by atoms with Gasteiger partial charge < -0.3 is 0 Å². The monoisotopic (exact) mass is 588 g/mol. The smallest absolute Gasteiger partial charge is 0.271 e. The van der Waals surface area contributed by atoms with Crippen LogP contribution in [0.3, 0.4) is 0 Å². The lowest BCUT2D eigenvalue weighted by molar-refractivity contribution is 0.476. The van der Waals surface area contributed by atoms with Crippen molar-refractivity contribution in [2.24, 2.45) is 10.9 Å². The Hall–Kier alpha value is -3.42. The van der Waals surface area contributed by atoms with Crippen molar-refractivity contribution in [1.29, 1.82) is 0 Å². The van der Waals surface area contributed by atoms with Crippen molar-refractivity contribution in [2.75, 3.05) is 0 Å². The first-order valence-electron chi connectivity index (χ1n) is 12.4. The molecule has 38 heavy (non-hydrogen) atoms. The Kier molecular flexibility index (Phi) is 6.58. The van der Waals surface area contributed by atoms with Crippen molar-refractivity contribution >= 4 is 39.4 Å². The third kappa shape index (κ3) is 4.65. The van der Waals surface area contributed by atoms with Crippen molar-refractivity contribution in [3.8, 4) is 0 Å². The van der Waals surface area contributed by atoms with Gasteiger partial charge in [-0.25, -0.2) is 13.8 Å². The van der Waals surface area contributed by atoms with Gasteiger partial charge in [-0.05, 0) is 95.1 Å². The molecule has 2 aliphatic rings. The summed E-state index contributed by atoms with van der Waals surface area (Å²) < 4.78 is 30.7. The number of nitrogens with zero attached hydrogens (tertiary/aromatic N) is 2. The van der Waals surface area contributed by atoms with Crippen molar-refractivity contribution in [2.45, 2.75) is 25.8 Å². The van der Waals surface area contributed by atoms with E-state index in [-0.39, 0.29) is 23.1 Å². The number of rotatable bonds is 3. The molecule has 1 aromatic heterocycles. The summed E-state index contributed by atoms with van der Waals surface area (Å²) in [5.74, 6) is -0.426. The van der Waals surface area contributed by atoms with Crippen LogP contribution in [0, 0.1) is 17.6 Å². The van der Waals surface area contributed by atoms with Crippen LogP contribution in [-0.4, -0.2) is 4.57 Å². The van der Waals surface area contributed by atoms with E-state index in [2.05, 4.69) is 28.9 Å². The fraction of sp³-hybridized carbons (Fsp3) is 0.161. The van der Waals surface area contributed by atoms with Crippen LogP contribution in [-0.2, 0) is 0 Å². The average Bonchev–Trinajstić information content (AvgIpc) is 3.21. The Labute approximate surface area is 230 Å². The maximum atomic E-state index is 13.9. The average molecular weight is 590 g/mol. The normalized spacial score (nSPS) is 20.3. The van der Waals surface area contributed by atoms with E-state index in [9.17, 15) is 13.6 Å². The molecule has 2 atom stereocenters. The van der Waals surface area contributed by atoms with Crippen LogP contribution in [0.1, 0.15) is 42.5 Å². The maximum Gasteiger partial charge on any atom is 0.271 e. The summed E-state index contributed by atoms with van der Waals surface area (Å²) in [4.78, 5) is 19.5. The van der Waals surface area contributed by atoms with Crippen LogP contribution in [0.5, 0.6) is 0 Å². The van der Waals surface area contributed by atoms with Gasteiger partial charge in [-0.1, -0.05) is 70.6 Å². The number of benzene rings is 3. The Balaban J connectivity index is 1.60. The molecule has 4 aromatic rings. The van der Waals surface area contributed by atoms with Gasteiger partial charge >= 0.3 is 0 Å². The second-order valence-corrected chi connectivity index (χ2v) is 11.6. The molecule has 1 aliphatic carbocycles. The third-order valence-corrected chi connectivity index (χ3v) is 8.57. The standard InChI is InChI=1S/C31H23BrF2N2OS/c1-18-5-8-22(15-19-6-11-24(33)12-7-19)28-27(18)29(21-9-13-25(34)14-10-21)36-30(37)26(38-31(36)35-28)17-20-3-2-4-23(32)16-20/h2-4,6-7,9-18,29H,5,8H2,1H3/b22-15+,26-17+. The van der Waals surface area contributed by atoms with Crippen LogP contribution in [0.2, 0.25) is 0 Å². The second-order valence-electron chi connectivity index (χ2n) is 9.65.